The molecule has 0 unspecified atom stereocenters. The van der Waals surface area contributed by atoms with E-state index in [9.17, 15) is 8.42 Å². The molecule has 1 aromatic carbocycles. The number of nitrogen functional groups attached to an aromatic ring is 1. The van der Waals surface area contributed by atoms with Gasteiger partial charge in [-0.2, -0.15) is 0 Å². The second kappa shape index (κ2) is 5.58. The van der Waals surface area contributed by atoms with E-state index in [1.165, 1.54) is 11.3 Å². The smallest absolute Gasteiger partial charge is 0.234 e. The van der Waals surface area contributed by atoms with E-state index in [0.717, 1.165) is 5.56 Å². The van der Waals surface area contributed by atoms with Crippen LogP contribution in [-0.4, -0.2) is 19.2 Å². The van der Waals surface area contributed by atoms with Crippen molar-refractivity contribution in [3.05, 3.63) is 29.6 Å². The molecule has 0 saturated heterocycles. The molecule has 7 heteroatoms. The van der Waals surface area contributed by atoms with Crippen LogP contribution in [0.4, 0.5) is 10.8 Å². The zero-order valence-electron chi connectivity index (χ0n) is 10.5. The highest BCUT2D eigenvalue weighted by Gasteiger charge is 2.12. The summed E-state index contributed by atoms with van der Waals surface area (Å²) in [7, 11) is -3.29. The second-order valence-electron chi connectivity index (χ2n) is 4.08. The maximum Gasteiger partial charge on any atom is 0.234 e. The lowest BCUT2D eigenvalue weighted by molar-refractivity contribution is 0.600. The van der Waals surface area contributed by atoms with Crippen LogP contribution in [0.3, 0.4) is 0 Å². The lowest BCUT2D eigenvalue weighted by Crippen LogP contribution is -2.15. The van der Waals surface area contributed by atoms with E-state index in [4.69, 9.17) is 5.73 Å². The van der Waals surface area contributed by atoms with Gasteiger partial charge in [0.2, 0.25) is 10.0 Å². The molecule has 0 bridgehead atoms. The Morgan fingerprint density at radius 1 is 1.42 bits per heavy atom. The summed E-state index contributed by atoms with van der Waals surface area (Å²) in [5, 5.41) is 2.18. The molecule has 1 aromatic heterocycles. The third-order valence-electron chi connectivity index (χ3n) is 2.40. The first-order chi connectivity index (χ1) is 9.00. The third kappa shape index (κ3) is 3.68. The van der Waals surface area contributed by atoms with E-state index in [1.54, 1.807) is 17.5 Å². The number of benzene rings is 1. The van der Waals surface area contributed by atoms with E-state index in [2.05, 4.69) is 9.71 Å². The van der Waals surface area contributed by atoms with Crippen molar-refractivity contribution in [1.82, 2.24) is 4.98 Å². The molecular formula is C12H15N3O2S2. The number of sulfonamides is 1. The fourth-order valence-electron chi connectivity index (χ4n) is 1.60. The molecule has 1 heterocycles. The fourth-order valence-corrected chi connectivity index (χ4v) is 3.69. The number of rotatable bonds is 5. The Balaban J connectivity index is 2.20. The van der Waals surface area contributed by atoms with Gasteiger partial charge in [0.05, 0.1) is 11.4 Å². The van der Waals surface area contributed by atoms with Crippen molar-refractivity contribution in [2.24, 2.45) is 0 Å². The van der Waals surface area contributed by atoms with Gasteiger partial charge in [0.1, 0.15) is 0 Å². The highest BCUT2D eigenvalue weighted by molar-refractivity contribution is 7.92. The van der Waals surface area contributed by atoms with Gasteiger partial charge >= 0.3 is 0 Å². The number of nitrogens with zero attached hydrogens (tertiary/aromatic N) is 1. The molecule has 2 aromatic rings. The van der Waals surface area contributed by atoms with Gasteiger partial charge in [-0.1, -0.05) is 19.1 Å². The molecule has 102 valence electrons. The summed E-state index contributed by atoms with van der Waals surface area (Å²) < 4.78 is 25.7. The van der Waals surface area contributed by atoms with Gasteiger partial charge in [-0.25, -0.2) is 13.4 Å². The van der Waals surface area contributed by atoms with Crippen LogP contribution in [0.15, 0.2) is 29.6 Å². The van der Waals surface area contributed by atoms with Gasteiger partial charge in [-0.3, -0.25) is 4.72 Å². The Hall–Kier alpha value is -1.60. The van der Waals surface area contributed by atoms with Crippen molar-refractivity contribution in [3.8, 4) is 11.3 Å². The van der Waals surface area contributed by atoms with Gasteiger partial charge in [0, 0.05) is 16.6 Å². The molecule has 0 aliphatic heterocycles. The number of hydrogen-bond donors (Lipinski definition) is 2. The first kappa shape index (κ1) is 13.8. The Kier molecular flexibility index (Phi) is 4.06. The summed E-state index contributed by atoms with van der Waals surface area (Å²) in [5.41, 5.74) is 7.95. The summed E-state index contributed by atoms with van der Waals surface area (Å²) in [6.45, 7) is 1.82. The molecular weight excluding hydrogens is 282 g/mol. The summed E-state index contributed by atoms with van der Waals surface area (Å²) in [6.07, 6.45) is 0.572. The average Bonchev–Trinajstić information content (AvgIpc) is 2.76. The van der Waals surface area contributed by atoms with Crippen LogP contribution < -0.4 is 10.5 Å². The van der Waals surface area contributed by atoms with E-state index in [0.29, 0.717) is 22.9 Å². The SMILES string of the molecule is CCCS(=O)(=O)Nc1nc(-c2cccc(N)c2)cs1. The van der Waals surface area contributed by atoms with Crippen molar-refractivity contribution in [2.75, 3.05) is 16.2 Å². The van der Waals surface area contributed by atoms with Gasteiger partial charge < -0.3 is 5.73 Å². The Bertz CT molecular complexity index is 665. The van der Waals surface area contributed by atoms with Crippen molar-refractivity contribution in [2.45, 2.75) is 13.3 Å². The van der Waals surface area contributed by atoms with Crippen molar-refractivity contribution in [1.29, 1.82) is 0 Å². The zero-order valence-corrected chi connectivity index (χ0v) is 12.1. The highest BCUT2D eigenvalue weighted by atomic mass is 32.2. The lowest BCUT2D eigenvalue weighted by atomic mass is 10.1. The van der Waals surface area contributed by atoms with E-state index in [-0.39, 0.29) is 5.75 Å². The van der Waals surface area contributed by atoms with Gasteiger partial charge in [0.25, 0.3) is 0 Å². The monoisotopic (exact) mass is 297 g/mol. The number of nitrogens with one attached hydrogen (secondary N) is 1. The third-order valence-corrected chi connectivity index (χ3v) is 4.74. The first-order valence-electron chi connectivity index (χ1n) is 5.82. The molecule has 0 saturated carbocycles. The highest BCUT2D eigenvalue weighted by Crippen LogP contribution is 2.26. The van der Waals surface area contributed by atoms with Crippen LogP contribution in [0, 0.1) is 0 Å². The number of thiazole rings is 1. The molecule has 5 nitrogen and oxygen atoms in total. The van der Waals surface area contributed by atoms with Crippen molar-refractivity contribution < 1.29 is 8.42 Å². The summed E-state index contributed by atoms with van der Waals surface area (Å²) in [4.78, 5) is 4.26. The van der Waals surface area contributed by atoms with Crippen LogP contribution >= 0.6 is 11.3 Å². The Morgan fingerprint density at radius 2 is 2.21 bits per heavy atom. The first-order valence-corrected chi connectivity index (χ1v) is 8.35. The van der Waals surface area contributed by atoms with E-state index in [1.807, 2.05) is 19.1 Å². The van der Waals surface area contributed by atoms with E-state index < -0.39 is 10.0 Å². The summed E-state index contributed by atoms with van der Waals surface area (Å²) in [6, 6.07) is 7.32. The number of aromatic nitrogens is 1. The molecule has 2 rings (SSSR count). The maximum atomic E-state index is 11.6. The zero-order chi connectivity index (χ0) is 13.9. The summed E-state index contributed by atoms with van der Waals surface area (Å²) >= 11 is 1.26. The molecule has 0 aliphatic rings. The van der Waals surface area contributed by atoms with Gasteiger partial charge in [-0.15, -0.1) is 11.3 Å². The number of anilines is 2. The summed E-state index contributed by atoms with van der Waals surface area (Å²) in [5.74, 6) is 0.0974. The maximum absolute atomic E-state index is 11.6. The lowest BCUT2D eigenvalue weighted by Gasteiger charge is -2.02. The predicted molar refractivity (Wildman–Crippen MR) is 79.7 cm³/mol. The van der Waals surface area contributed by atoms with Crippen LogP contribution in [0.25, 0.3) is 11.3 Å². The van der Waals surface area contributed by atoms with Crippen LogP contribution in [-0.2, 0) is 10.0 Å². The topological polar surface area (TPSA) is 85.1 Å². The molecule has 0 aliphatic carbocycles. The molecule has 0 spiro atoms. The molecule has 3 N–H and O–H groups in total. The van der Waals surface area contributed by atoms with Crippen molar-refractivity contribution >= 4 is 32.2 Å². The molecule has 0 atom stereocenters. The largest absolute Gasteiger partial charge is 0.399 e. The molecule has 0 amide bonds. The minimum absolute atomic E-state index is 0.0974. The fraction of sp³-hybridized carbons (Fsp3) is 0.250. The molecule has 0 fully saturated rings. The standard InChI is InChI=1S/C12H15N3O2S2/c1-2-6-19(16,17)15-12-14-11(8-18-12)9-4-3-5-10(13)7-9/h3-5,7-8H,2,6,13H2,1H3,(H,14,15). The minimum atomic E-state index is -3.29. The van der Waals surface area contributed by atoms with E-state index >= 15 is 0 Å². The van der Waals surface area contributed by atoms with Crippen LogP contribution in [0.1, 0.15) is 13.3 Å². The number of nitrogens with two attached hydrogens (primary N) is 1. The quantitative estimate of drug-likeness (QED) is 0.831. The molecule has 19 heavy (non-hydrogen) atoms. The second-order valence-corrected chi connectivity index (χ2v) is 6.78. The Morgan fingerprint density at radius 3 is 2.89 bits per heavy atom. The average molecular weight is 297 g/mol. The van der Waals surface area contributed by atoms with Crippen molar-refractivity contribution in [3.63, 3.8) is 0 Å². The molecule has 0 radical (unpaired) electrons. The Labute approximate surface area is 116 Å². The predicted octanol–water partition coefficient (Wildman–Crippen LogP) is 2.54. The van der Waals surface area contributed by atoms with Crippen LogP contribution in [0.5, 0.6) is 0 Å². The van der Waals surface area contributed by atoms with Crippen LogP contribution in [0.2, 0.25) is 0 Å². The number of hydrogen-bond acceptors (Lipinski definition) is 5. The normalized spacial score (nSPS) is 11.4. The van der Waals surface area contributed by atoms with Gasteiger partial charge in [0.15, 0.2) is 5.13 Å². The van der Waals surface area contributed by atoms with Gasteiger partial charge in [-0.05, 0) is 18.6 Å². The minimum Gasteiger partial charge on any atom is -0.399 e.